The number of nitro groups is 1. The van der Waals surface area contributed by atoms with Crippen LogP contribution in [0.2, 0.25) is 0 Å². The maximum atomic E-state index is 12.2. The molecule has 4 rings (SSSR count). The second-order valence-electron chi connectivity index (χ2n) is 9.18. The van der Waals surface area contributed by atoms with E-state index in [-0.39, 0.29) is 24.5 Å². The average Bonchev–Trinajstić information content (AvgIpc) is 2.99. The molecule has 200 valence electrons. The summed E-state index contributed by atoms with van der Waals surface area (Å²) in [4.78, 5) is 22.4. The smallest absolute Gasteiger partial charge is 0.338 e. The van der Waals surface area contributed by atoms with Gasteiger partial charge in [-0.2, -0.15) is 0 Å². The molecule has 0 unspecified atom stereocenters. The molecule has 0 fully saturated rings. The zero-order valence-electron chi connectivity index (χ0n) is 21.5. The number of esters is 1. The van der Waals surface area contributed by atoms with Crippen molar-refractivity contribution in [2.45, 2.75) is 31.0 Å². The zero-order valence-corrected chi connectivity index (χ0v) is 21.5. The van der Waals surface area contributed by atoms with Gasteiger partial charge < -0.3 is 14.6 Å². The number of aliphatic hydroxyl groups excluding tert-OH is 1. The number of hydrogen-bond acceptors (Lipinski definition) is 6. The SMILES string of the molecule is O=C(OCCCC[C@H](O)COC(c1ccccc1)(c1ccccc1)c1ccccc1)c1ccc([N+](=O)[O-])cc1. The van der Waals surface area contributed by atoms with E-state index in [0.717, 1.165) is 16.7 Å². The number of nitrogens with zero attached hydrogens (tertiary/aromatic N) is 1. The van der Waals surface area contributed by atoms with Crippen LogP contribution < -0.4 is 0 Å². The van der Waals surface area contributed by atoms with Gasteiger partial charge in [-0.25, -0.2) is 4.79 Å². The maximum Gasteiger partial charge on any atom is 0.338 e. The maximum absolute atomic E-state index is 12.2. The molecule has 7 nitrogen and oxygen atoms in total. The summed E-state index contributed by atoms with van der Waals surface area (Å²) >= 11 is 0. The van der Waals surface area contributed by atoms with Gasteiger partial charge in [-0.3, -0.25) is 10.1 Å². The molecule has 0 amide bonds. The van der Waals surface area contributed by atoms with Gasteiger partial charge in [0.25, 0.3) is 5.69 Å². The third-order valence-electron chi connectivity index (χ3n) is 6.51. The topological polar surface area (TPSA) is 98.9 Å². The van der Waals surface area contributed by atoms with Crippen LogP contribution in [0.15, 0.2) is 115 Å². The number of non-ortho nitro benzene ring substituents is 1. The lowest BCUT2D eigenvalue weighted by atomic mass is 9.80. The van der Waals surface area contributed by atoms with Crippen molar-refractivity contribution in [3.8, 4) is 0 Å². The van der Waals surface area contributed by atoms with Gasteiger partial charge in [0, 0.05) is 12.1 Å². The minimum atomic E-state index is -0.898. The molecule has 4 aromatic carbocycles. The monoisotopic (exact) mass is 525 g/mol. The van der Waals surface area contributed by atoms with Crippen LogP contribution in [0.5, 0.6) is 0 Å². The van der Waals surface area contributed by atoms with Gasteiger partial charge in [0.05, 0.1) is 29.8 Å². The van der Waals surface area contributed by atoms with Crippen molar-refractivity contribution in [2.75, 3.05) is 13.2 Å². The van der Waals surface area contributed by atoms with Crippen LogP contribution in [0.4, 0.5) is 5.69 Å². The first-order valence-corrected chi connectivity index (χ1v) is 12.9. The van der Waals surface area contributed by atoms with E-state index in [1.807, 2.05) is 91.0 Å². The number of hydrogen-bond donors (Lipinski definition) is 1. The molecular weight excluding hydrogens is 494 g/mol. The lowest BCUT2D eigenvalue weighted by molar-refractivity contribution is -0.384. The Morgan fingerprint density at radius 1 is 0.769 bits per heavy atom. The first kappa shape index (κ1) is 27.7. The highest BCUT2D eigenvalue weighted by atomic mass is 16.6. The zero-order chi connectivity index (χ0) is 27.5. The summed E-state index contributed by atoms with van der Waals surface area (Å²) in [6, 6.07) is 35.3. The molecule has 39 heavy (non-hydrogen) atoms. The van der Waals surface area contributed by atoms with Crippen LogP contribution in [0, 0.1) is 10.1 Å². The minimum Gasteiger partial charge on any atom is -0.462 e. The van der Waals surface area contributed by atoms with Gasteiger partial charge in [0.2, 0.25) is 0 Å². The van der Waals surface area contributed by atoms with E-state index in [1.54, 1.807) is 0 Å². The molecule has 0 aliphatic heterocycles. The van der Waals surface area contributed by atoms with Gasteiger partial charge in [0.15, 0.2) is 0 Å². The van der Waals surface area contributed by atoms with E-state index < -0.39 is 22.6 Å². The normalized spacial score (nSPS) is 12.0. The summed E-state index contributed by atoms with van der Waals surface area (Å²) in [5.41, 5.74) is 2.17. The average molecular weight is 526 g/mol. The van der Waals surface area contributed by atoms with E-state index >= 15 is 0 Å². The number of benzene rings is 4. The van der Waals surface area contributed by atoms with Crippen molar-refractivity contribution in [3.63, 3.8) is 0 Å². The Labute approximate surface area is 227 Å². The summed E-state index contributed by atoms with van der Waals surface area (Å²) in [7, 11) is 0. The third kappa shape index (κ3) is 6.96. The number of carbonyl (C=O) groups excluding carboxylic acids is 1. The number of rotatable bonds is 13. The van der Waals surface area contributed by atoms with Gasteiger partial charge in [-0.1, -0.05) is 91.0 Å². The van der Waals surface area contributed by atoms with Crippen LogP contribution in [0.3, 0.4) is 0 Å². The molecule has 0 aliphatic rings. The first-order chi connectivity index (χ1) is 19.0. The summed E-state index contributed by atoms with van der Waals surface area (Å²) in [5, 5.41) is 21.6. The van der Waals surface area contributed by atoms with Crippen molar-refractivity contribution < 1.29 is 24.3 Å². The fraction of sp³-hybridized carbons (Fsp3) is 0.219. The van der Waals surface area contributed by atoms with Gasteiger partial charge in [-0.05, 0) is 48.1 Å². The van der Waals surface area contributed by atoms with E-state index in [9.17, 15) is 20.0 Å². The summed E-state index contributed by atoms with van der Waals surface area (Å²) in [6.45, 7) is 0.298. The number of carbonyl (C=O) groups is 1. The molecule has 0 radical (unpaired) electrons. The van der Waals surface area contributed by atoms with Crippen molar-refractivity contribution in [2.24, 2.45) is 0 Å². The van der Waals surface area contributed by atoms with Crippen molar-refractivity contribution in [1.82, 2.24) is 0 Å². The lowest BCUT2D eigenvalue weighted by Crippen LogP contribution is -2.35. The Balaban J connectivity index is 1.36. The lowest BCUT2D eigenvalue weighted by Gasteiger charge is -2.36. The first-order valence-electron chi connectivity index (χ1n) is 12.9. The molecule has 0 bridgehead atoms. The predicted molar refractivity (Wildman–Crippen MR) is 148 cm³/mol. The standard InChI is InChI=1S/C32H31NO6/c34-30(18-10-11-23-38-31(35)25-19-21-29(22-20-25)33(36)37)24-39-32(26-12-4-1-5-13-26,27-14-6-2-7-15-27)28-16-8-3-9-17-28/h1-9,12-17,19-22,30,34H,10-11,18,23-24H2/t30-/m0/s1. The van der Waals surface area contributed by atoms with Crippen molar-refractivity contribution in [3.05, 3.63) is 148 Å². The number of nitro benzene ring substituents is 1. The van der Waals surface area contributed by atoms with E-state index in [2.05, 4.69) is 0 Å². The molecule has 0 saturated heterocycles. The highest BCUT2D eigenvalue weighted by Crippen LogP contribution is 2.40. The molecule has 0 saturated carbocycles. The third-order valence-corrected chi connectivity index (χ3v) is 6.51. The number of unbranched alkanes of at least 4 members (excludes halogenated alkanes) is 1. The van der Waals surface area contributed by atoms with E-state index in [1.165, 1.54) is 24.3 Å². The quantitative estimate of drug-likeness (QED) is 0.0724. The minimum absolute atomic E-state index is 0.0847. The molecule has 0 aromatic heterocycles. The number of aliphatic hydroxyl groups is 1. The predicted octanol–water partition coefficient (Wildman–Crippen LogP) is 6.29. The highest BCUT2D eigenvalue weighted by molar-refractivity contribution is 5.89. The summed E-state index contributed by atoms with van der Waals surface area (Å²) in [6.07, 6.45) is 0.957. The molecule has 1 atom stereocenters. The summed E-state index contributed by atoms with van der Waals surface area (Å²) in [5.74, 6) is -0.535. The molecule has 0 aliphatic carbocycles. The Morgan fingerprint density at radius 3 is 1.72 bits per heavy atom. The van der Waals surface area contributed by atoms with Gasteiger partial charge in [-0.15, -0.1) is 0 Å². The molecule has 4 aromatic rings. The fourth-order valence-corrected chi connectivity index (χ4v) is 4.52. The van der Waals surface area contributed by atoms with E-state index in [0.29, 0.717) is 19.3 Å². The van der Waals surface area contributed by atoms with Crippen LogP contribution >= 0.6 is 0 Å². The Bertz CT molecular complexity index is 1230. The van der Waals surface area contributed by atoms with Crippen LogP contribution in [0.1, 0.15) is 46.3 Å². The molecule has 7 heteroatoms. The van der Waals surface area contributed by atoms with Gasteiger partial charge >= 0.3 is 5.97 Å². The molecule has 0 heterocycles. The van der Waals surface area contributed by atoms with Gasteiger partial charge in [0.1, 0.15) is 5.60 Å². The fourth-order valence-electron chi connectivity index (χ4n) is 4.52. The summed E-state index contributed by atoms with van der Waals surface area (Å²) < 4.78 is 11.9. The number of ether oxygens (including phenoxy) is 2. The second-order valence-corrected chi connectivity index (χ2v) is 9.18. The van der Waals surface area contributed by atoms with Crippen LogP contribution in [-0.4, -0.2) is 35.3 Å². The highest BCUT2D eigenvalue weighted by Gasteiger charge is 2.37. The Hall–Kier alpha value is -4.33. The molecule has 0 spiro atoms. The van der Waals surface area contributed by atoms with Crippen LogP contribution in [-0.2, 0) is 15.1 Å². The Morgan fingerprint density at radius 2 is 1.26 bits per heavy atom. The second kappa shape index (κ2) is 13.5. The Kier molecular flexibility index (Phi) is 9.56. The molecule has 1 N–H and O–H groups in total. The van der Waals surface area contributed by atoms with Crippen LogP contribution in [0.25, 0.3) is 0 Å². The van der Waals surface area contributed by atoms with Crippen molar-refractivity contribution in [1.29, 1.82) is 0 Å². The van der Waals surface area contributed by atoms with E-state index in [4.69, 9.17) is 9.47 Å². The molecular formula is C32H31NO6. The van der Waals surface area contributed by atoms with Crippen molar-refractivity contribution >= 4 is 11.7 Å². The largest absolute Gasteiger partial charge is 0.462 e.